The van der Waals surface area contributed by atoms with Gasteiger partial charge in [0.05, 0.1) is 5.56 Å². The van der Waals surface area contributed by atoms with Gasteiger partial charge in [-0.2, -0.15) is 13.2 Å². The largest absolute Gasteiger partial charge is 0.504 e. The lowest BCUT2D eigenvalue weighted by Crippen LogP contribution is -2.43. The highest BCUT2D eigenvalue weighted by Gasteiger charge is 2.30. The Kier molecular flexibility index (Phi) is 5.46. The van der Waals surface area contributed by atoms with Crippen molar-refractivity contribution in [2.75, 3.05) is 13.1 Å². The monoisotopic (exact) mass is 396 g/mol. The first kappa shape index (κ1) is 19.3. The van der Waals surface area contributed by atoms with E-state index in [0.717, 1.165) is 23.3 Å². The van der Waals surface area contributed by atoms with E-state index in [4.69, 9.17) is 12.2 Å². The molecule has 0 radical (unpaired) electrons. The molecule has 27 heavy (non-hydrogen) atoms. The number of benzene rings is 2. The Morgan fingerprint density at radius 1 is 1.11 bits per heavy atom. The van der Waals surface area contributed by atoms with Crippen LogP contribution in [0.25, 0.3) is 0 Å². The fourth-order valence-electron chi connectivity index (χ4n) is 3.09. The quantitative estimate of drug-likeness (QED) is 0.547. The molecule has 3 rings (SSSR count). The number of nitrogens with zero attached hydrogens (tertiary/aromatic N) is 1. The first-order chi connectivity index (χ1) is 12.7. The number of alkyl halides is 3. The molecule has 4 nitrogen and oxygen atoms in total. The Labute approximate surface area is 160 Å². The van der Waals surface area contributed by atoms with Gasteiger partial charge in [0.1, 0.15) is 0 Å². The molecular weight excluding hydrogens is 377 g/mol. The molecule has 2 aromatic rings. The average Bonchev–Trinajstić information content (AvgIpc) is 2.62. The molecule has 1 aliphatic rings. The van der Waals surface area contributed by atoms with Crippen molar-refractivity contribution in [1.82, 2.24) is 10.2 Å². The van der Waals surface area contributed by atoms with E-state index in [9.17, 15) is 23.4 Å². The van der Waals surface area contributed by atoms with Gasteiger partial charge in [-0.3, -0.25) is 0 Å². The van der Waals surface area contributed by atoms with Gasteiger partial charge in [0.2, 0.25) is 0 Å². The molecule has 0 saturated carbocycles. The zero-order chi connectivity index (χ0) is 19.6. The van der Waals surface area contributed by atoms with Crippen molar-refractivity contribution in [2.24, 2.45) is 0 Å². The first-order valence-electron chi connectivity index (χ1n) is 8.46. The van der Waals surface area contributed by atoms with Crippen LogP contribution in [0.1, 0.15) is 22.3 Å². The van der Waals surface area contributed by atoms with E-state index in [1.165, 1.54) is 12.1 Å². The lowest BCUT2D eigenvalue weighted by molar-refractivity contribution is -0.137. The predicted molar refractivity (Wildman–Crippen MR) is 99.6 cm³/mol. The Morgan fingerprint density at radius 2 is 1.81 bits per heavy atom. The first-order valence-corrected chi connectivity index (χ1v) is 8.87. The lowest BCUT2D eigenvalue weighted by Gasteiger charge is -2.31. The Bertz CT molecular complexity index is 855. The maximum atomic E-state index is 12.8. The van der Waals surface area contributed by atoms with Gasteiger partial charge in [0.25, 0.3) is 0 Å². The minimum Gasteiger partial charge on any atom is -0.504 e. The van der Waals surface area contributed by atoms with E-state index in [1.807, 2.05) is 4.90 Å². The van der Waals surface area contributed by atoms with E-state index in [2.05, 4.69) is 5.32 Å². The van der Waals surface area contributed by atoms with Crippen LogP contribution >= 0.6 is 12.2 Å². The topological polar surface area (TPSA) is 55.7 Å². The number of halogens is 3. The number of hydrogen-bond donors (Lipinski definition) is 3. The number of fused-ring (bicyclic) bond motifs is 1. The summed E-state index contributed by atoms with van der Waals surface area (Å²) in [6.07, 6.45) is -3.25. The van der Waals surface area contributed by atoms with Crippen molar-refractivity contribution < 1.29 is 23.4 Å². The van der Waals surface area contributed by atoms with Gasteiger partial charge in [0.15, 0.2) is 16.6 Å². The van der Waals surface area contributed by atoms with Crippen molar-refractivity contribution in [3.05, 3.63) is 58.7 Å². The third-order valence-corrected chi connectivity index (χ3v) is 4.94. The second-order valence-electron chi connectivity index (χ2n) is 6.46. The third-order valence-electron chi connectivity index (χ3n) is 4.54. The molecule has 144 valence electrons. The molecule has 0 amide bonds. The number of rotatable bonds is 3. The summed E-state index contributed by atoms with van der Waals surface area (Å²) in [6.45, 7) is 1.58. The zero-order valence-corrected chi connectivity index (χ0v) is 15.2. The van der Waals surface area contributed by atoms with Crippen LogP contribution in [0.15, 0.2) is 36.4 Å². The van der Waals surface area contributed by atoms with Crippen LogP contribution in [0.4, 0.5) is 13.2 Å². The smallest absolute Gasteiger partial charge is 0.416 e. The molecule has 1 aliphatic heterocycles. The van der Waals surface area contributed by atoms with Crippen LogP contribution in [0, 0.1) is 0 Å². The van der Waals surface area contributed by atoms with Crippen LogP contribution in [0.5, 0.6) is 11.5 Å². The molecule has 2 aromatic carbocycles. The summed E-state index contributed by atoms with van der Waals surface area (Å²) >= 11 is 5.39. The highest BCUT2D eigenvalue weighted by atomic mass is 32.1. The summed E-state index contributed by atoms with van der Waals surface area (Å²) in [6, 6.07) is 8.36. The van der Waals surface area contributed by atoms with Crippen molar-refractivity contribution in [2.45, 2.75) is 25.6 Å². The highest BCUT2D eigenvalue weighted by molar-refractivity contribution is 7.80. The SMILES string of the molecule is Oc1cc2c(cc1O)CN(C(=S)NCCc1cccc(C(F)(F)F)c1)CC2. The standard InChI is InChI=1S/C19H19F3N2O2S/c20-19(21,22)15-3-1-2-12(8-15)4-6-23-18(27)24-7-5-13-9-16(25)17(26)10-14(13)11-24/h1-3,8-10,25-26H,4-7,11H2,(H,23,27). The van der Waals surface area contributed by atoms with Crippen LogP contribution in [-0.4, -0.2) is 33.3 Å². The molecule has 8 heteroatoms. The molecule has 1 heterocycles. The fourth-order valence-corrected chi connectivity index (χ4v) is 3.34. The molecular formula is C19H19F3N2O2S. The van der Waals surface area contributed by atoms with Gasteiger partial charge >= 0.3 is 6.18 Å². The Morgan fingerprint density at radius 3 is 2.52 bits per heavy atom. The second-order valence-corrected chi connectivity index (χ2v) is 6.85. The van der Waals surface area contributed by atoms with Crippen LogP contribution < -0.4 is 5.32 Å². The summed E-state index contributed by atoms with van der Waals surface area (Å²) in [5, 5.41) is 22.8. The van der Waals surface area contributed by atoms with E-state index in [-0.39, 0.29) is 11.5 Å². The highest BCUT2D eigenvalue weighted by Crippen LogP contribution is 2.31. The molecule has 0 bridgehead atoms. The summed E-state index contributed by atoms with van der Waals surface area (Å²) in [5.41, 5.74) is 1.79. The Balaban J connectivity index is 1.55. The predicted octanol–water partition coefficient (Wildman–Crippen LogP) is 3.59. The minimum atomic E-state index is -4.35. The van der Waals surface area contributed by atoms with E-state index in [0.29, 0.717) is 43.2 Å². The van der Waals surface area contributed by atoms with Crippen molar-refractivity contribution in [1.29, 1.82) is 0 Å². The number of thiocarbonyl (C=S) groups is 1. The molecule has 0 aliphatic carbocycles. The summed E-state index contributed by atoms with van der Waals surface area (Å²) < 4.78 is 38.3. The normalized spacial score (nSPS) is 14.0. The maximum Gasteiger partial charge on any atom is 0.416 e. The summed E-state index contributed by atoms with van der Waals surface area (Å²) in [7, 11) is 0. The van der Waals surface area contributed by atoms with Crippen molar-refractivity contribution >= 4 is 17.3 Å². The molecule has 0 unspecified atom stereocenters. The third kappa shape index (κ3) is 4.63. The van der Waals surface area contributed by atoms with E-state index >= 15 is 0 Å². The molecule has 0 atom stereocenters. The van der Waals surface area contributed by atoms with Crippen molar-refractivity contribution in [3.63, 3.8) is 0 Å². The van der Waals surface area contributed by atoms with Gasteiger partial charge in [0, 0.05) is 19.6 Å². The van der Waals surface area contributed by atoms with Crippen molar-refractivity contribution in [3.8, 4) is 11.5 Å². The van der Waals surface area contributed by atoms with Gasteiger partial charge in [-0.25, -0.2) is 0 Å². The van der Waals surface area contributed by atoms with Gasteiger partial charge in [-0.15, -0.1) is 0 Å². The number of phenols is 2. The molecule has 3 N–H and O–H groups in total. The summed E-state index contributed by atoms with van der Waals surface area (Å²) in [5.74, 6) is -0.303. The number of hydrogen-bond acceptors (Lipinski definition) is 3. The Hall–Kier alpha value is -2.48. The molecule has 0 fully saturated rings. The van der Waals surface area contributed by atoms with Crippen LogP contribution in [-0.2, 0) is 25.6 Å². The van der Waals surface area contributed by atoms with E-state index in [1.54, 1.807) is 12.1 Å². The van der Waals surface area contributed by atoms with Gasteiger partial charge in [-0.05, 0) is 59.9 Å². The van der Waals surface area contributed by atoms with Crippen LogP contribution in [0.2, 0.25) is 0 Å². The zero-order valence-electron chi connectivity index (χ0n) is 14.4. The molecule has 0 spiro atoms. The lowest BCUT2D eigenvalue weighted by atomic mass is 9.99. The van der Waals surface area contributed by atoms with Gasteiger partial charge in [-0.1, -0.05) is 18.2 Å². The summed E-state index contributed by atoms with van der Waals surface area (Å²) in [4.78, 5) is 1.93. The van der Waals surface area contributed by atoms with E-state index < -0.39 is 11.7 Å². The fraction of sp³-hybridized carbons (Fsp3) is 0.316. The number of phenolic OH excluding ortho intramolecular Hbond substituents is 2. The number of aromatic hydroxyl groups is 2. The van der Waals surface area contributed by atoms with Crippen LogP contribution in [0.3, 0.4) is 0 Å². The molecule has 0 aromatic heterocycles. The maximum absolute atomic E-state index is 12.8. The second kappa shape index (κ2) is 7.64. The average molecular weight is 396 g/mol. The number of nitrogens with one attached hydrogen (secondary N) is 1. The van der Waals surface area contributed by atoms with Gasteiger partial charge < -0.3 is 20.4 Å². The molecule has 0 saturated heterocycles. The minimum absolute atomic E-state index is 0.135.